The van der Waals surface area contributed by atoms with Gasteiger partial charge in [-0.1, -0.05) is 176 Å². The van der Waals surface area contributed by atoms with Gasteiger partial charge in [0, 0.05) is 23.8 Å². The minimum absolute atomic E-state index is 0.527. The van der Waals surface area contributed by atoms with Gasteiger partial charge in [-0.3, -0.25) is 0 Å². The standard InChI is InChI=1S/C55H40N2/c1-4-16-40(17-5-1)41-27-30-47(31-28-41)56-36-15-14-19-42-18-10-12-25-49(42)44-29-33-50-51-34-32-48(57-37-35-43-20-11-13-26-54(43)57)39-53(51)55(52(50)38-44,45-21-6-2-7-22-45)46-23-8-3-9-24-46/h1-39,56H/b19-14-,36-15+. The zero-order valence-electron chi connectivity index (χ0n) is 31.5. The summed E-state index contributed by atoms with van der Waals surface area (Å²) in [5, 5.41) is 4.65. The number of nitrogens with one attached hydrogen (secondary N) is 1. The Bertz CT molecular complexity index is 2860. The summed E-state index contributed by atoms with van der Waals surface area (Å²) in [5.41, 5.74) is 16.5. The van der Waals surface area contributed by atoms with Crippen molar-refractivity contribution in [1.29, 1.82) is 0 Å². The van der Waals surface area contributed by atoms with Crippen LogP contribution in [0, 0.1) is 0 Å². The summed E-state index contributed by atoms with van der Waals surface area (Å²) >= 11 is 0. The first-order valence-electron chi connectivity index (χ1n) is 19.6. The molecule has 0 aliphatic heterocycles. The highest BCUT2D eigenvalue weighted by atomic mass is 15.0. The van der Waals surface area contributed by atoms with E-state index in [-0.39, 0.29) is 0 Å². The van der Waals surface area contributed by atoms with Crippen LogP contribution >= 0.6 is 0 Å². The molecule has 0 spiro atoms. The number of aromatic nitrogens is 1. The van der Waals surface area contributed by atoms with Crippen molar-refractivity contribution in [2.24, 2.45) is 0 Å². The summed E-state index contributed by atoms with van der Waals surface area (Å²) in [4.78, 5) is 0. The van der Waals surface area contributed by atoms with Crippen molar-refractivity contribution in [2.45, 2.75) is 5.41 Å². The van der Waals surface area contributed by atoms with Crippen LogP contribution in [0.15, 0.2) is 231 Å². The van der Waals surface area contributed by atoms with Crippen LogP contribution in [0.1, 0.15) is 27.8 Å². The largest absolute Gasteiger partial charge is 0.362 e. The highest BCUT2D eigenvalue weighted by molar-refractivity contribution is 5.90. The van der Waals surface area contributed by atoms with Crippen molar-refractivity contribution in [3.05, 3.63) is 259 Å². The molecular weight excluding hydrogens is 689 g/mol. The van der Waals surface area contributed by atoms with E-state index in [1.54, 1.807) is 0 Å². The van der Waals surface area contributed by atoms with Crippen molar-refractivity contribution in [3.63, 3.8) is 0 Å². The van der Waals surface area contributed by atoms with Crippen LogP contribution in [0.5, 0.6) is 0 Å². The lowest BCUT2D eigenvalue weighted by atomic mass is 9.67. The highest BCUT2D eigenvalue weighted by Crippen LogP contribution is 2.57. The first kappa shape index (κ1) is 34.1. The summed E-state index contributed by atoms with van der Waals surface area (Å²) in [7, 11) is 0. The molecule has 9 aromatic rings. The molecule has 1 aromatic heterocycles. The van der Waals surface area contributed by atoms with E-state index in [1.807, 2.05) is 12.3 Å². The van der Waals surface area contributed by atoms with E-state index in [0.29, 0.717) is 0 Å². The Morgan fingerprint density at radius 3 is 1.79 bits per heavy atom. The average Bonchev–Trinajstić information content (AvgIpc) is 3.85. The van der Waals surface area contributed by atoms with Gasteiger partial charge >= 0.3 is 0 Å². The van der Waals surface area contributed by atoms with Crippen LogP contribution in [0.2, 0.25) is 0 Å². The molecule has 0 atom stereocenters. The molecule has 2 heteroatoms. The molecular formula is C55H40N2. The van der Waals surface area contributed by atoms with Gasteiger partial charge < -0.3 is 9.88 Å². The number of allylic oxidation sites excluding steroid dienone is 2. The Morgan fingerprint density at radius 1 is 0.439 bits per heavy atom. The van der Waals surface area contributed by atoms with Crippen molar-refractivity contribution in [1.82, 2.24) is 4.57 Å². The fraction of sp³-hybridized carbons (Fsp3) is 0.0182. The number of fused-ring (bicyclic) bond motifs is 4. The molecule has 0 saturated carbocycles. The van der Waals surface area contributed by atoms with E-state index < -0.39 is 5.41 Å². The number of para-hydroxylation sites is 1. The van der Waals surface area contributed by atoms with E-state index in [9.17, 15) is 0 Å². The SMILES string of the molecule is C(=C/c1ccccc1-c1ccc2c(c1)C(c1ccccc1)(c1ccccc1)c1cc(-n3ccc4ccccc43)ccc1-2)/C=C/Nc1ccc(-c2ccccc2)cc1. The van der Waals surface area contributed by atoms with Gasteiger partial charge in [-0.15, -0.1) is 0 Å². The highest BCUT2D eigenvalue weighted by Gasteiger charge is 2.46. The van der Waals surface area contributed by atoms with E-state index in [0.717, 1.165) is 16.9 Å². The molecule has 10 rings (SSSR count). The van der Waals surface area contributed by atoms with Gasteiger partial charge in [-0.25, -0.2) is 0 Å². The van der Waals surface area contributed by atoms with Crippen molar-refractivity contribution >= 4 is 22.7 Å². The van der Waals surface area contributed by atoms with E-state index in [4.69, 9.17) is 0 Å². The van der Waals surface area contributed by atoms with Crippen molar-refractivity contribution < 1.29 is 0 Å². The van der Waals surface area contributed by atoms with Gasteiger partial charge in [0.1, 0.15) is 0 Å². The summed E-state index contributed by atoms with van der Waals surface area (Å²) < 4.78 is 2.32. The molecule has 0 saturated heterocycles. The Morgan fingerprint density at radius 2 is 1.04 bits per heavy atom. The second-order valence-corrected chi connectivity index (χ2v) is 14.6. The molecule has 1 aliphatic rings. The van der Waals surface area contributed by atoms with Crippen LogP contribution in [-0.2, 0) is 5.41 Å². The fourth-order valence-corrected chi connectivity index (χ4v) is 8.76. The molecule has 0 fully saturated rings. The zero-order valence-corrected chi connectivity index (χ0v) is 31.5. The normalized spacial score (nSPS) is 12.9. The second kappa shape index (κ2) is 14.7. The molecule has 57 heavy (non-hydrogen) atoms. The molecule has 1 N–H and O–H groups in total. The number of benzene rings is 8. The monoisotopic (exact) mass is 728 g/mol. The predicted molar refractivity (Wildman–Crippen MR) is 240 cm³/mol. The van der Waals surface area contributed by atoms with Gasteiger partial charge in [0.15, 0.2) is 0 Å². The number of rotatable bonds is 9. The molecule has 1 heterocycles. The number of hydrogen-bond acceptors (Lipinski definition) is 1. The first-order chi connectivity index (χ1) is 28.3. The zero-order chi connectivity index (χ0) is 38.0. The summed E-state index contributed by atoms with van der Waals surface area (Å²) in [6.45, 7) is 0. The lowest BCUT2D eigenvalue weighted by Crippen LogP contribution is -2.28. The molecule has 270 valence electrons. The quantitative estimate of drug-likeness (QED) is 0.146. The number of hydrogen-bond donors (Lipinski definition) is 1. The fourth-order valence-electron chi connectivity index (χ4n) is 8.76. The Hall–Kier alpha value is -7.42. The molecule has 0 unspecified atom stereocenters. The minimum atomic E-state index is -0.527. The Balaban J connectivity index is 1.04. The Kier molecular flexibility index (Phi) is 8.78. The lowest BCUT2D eigenvalue weighted by molar-refractivity contribution is 0.767. The molecule has 1 aliphatic carbocycles. The topological polar surface area (TPSA) is 17.0 Å². The maximum Gasteiger partial charge on any atom is 0.0714 e. The van der Waals surface area contributed by atoms with E-state index >= 15 is 0 Å². The average molecular weight is 729 g/mol. The van der Waals surface area contributed by atoms with Crippen molar-refractivity contribution in [3.8, 4) is 39.1 Å². The Labute approximate surface area is 334 Å². The molecule has 0 amide bonds. The lowest BCUT2D eigenvalue weighted by Gasteiger charge is -2.34. The summed E-state index contributed by atoms with van der Waals surface area (Å²) in [5.74, 6) is 0. The third-order valence-corrected chi connectivity index (χ3v) is 11.4. The second-order valence-electron chi connectivity index (χ2n) is 14.6. The minimum Gasteiger partial charge on any atom is -0.362 e. The number of nitrogens with zero attached hydrogens (tertiary/aromatic N) is 1. The maximum atomic E-state index is 3.42. The summed E-state index contributed by atoms with van der Waals surface area (Å²) in [6, 6.07) is 74.8. The maximum absolute atomic E-state index is 3.42. The van der Waals surface area contributed by atoms with Gasteiger partial charge in [-0.2, -0.15) is 0 Å². The van der Waals surface area contributed by atoms with Gasteiger partial charge in [0.25, 0.3) is 0 Å². The van der Waals surface area contributed by atoms with Gasteiger partial charge in [0.05, 0.1) is 10.9 Å². The van der Waals surface area contributed by atoms with Gasteiger partial charge in [0.2, 0.25) is 0 Å². The smallest absolute Gasteiger partial charge is 0.0714 e. The van der Waals surface area contributed by atoms with E-state index in [1.165, 1.54) is 66.5 Å². The molecule has 0 bridgehead atoms. The third-order valence-electron chi connectivity index (χ3n) is 11.4. The van der Waals surface area contributed by atoms with Gasteiger partial charge in [-0.05, 0) is 115 Å². The molecule has 8 aromatic carbocycles. The van der Waals surface area contributed by atoms with Crippen molar-refractivity contribution in [2.75, 3.05) is 5.32 Å². The van der Waals surface area contributed by atoms with Crippen LogP contribution in [0.4, 0.5) is 5.69 Å². The van der Waals surface area contributed by atoms with Crippen LogP contribution in [0.25, 0.3) is 56.0 Å². The third kappa shape index (κ3) is 6.09. The molecule has 0 radical (unpaired) electrons. The van der Waals surface area contributed by atoms with E-state index in [2.05, 4.69) is 234 Å². The number of anilines is 1. The predicted octanol–water partition coefficient (Wildman–Crippen LogP) is 14.0. The molecule has 2 nitrogen and oxygen atoms in total. The van der Waals surface area contributed by atoms with Crippen LogP contribution < -0.4 is 5.32 Å². The first-order valence-corrected chi connectivity index (χ1v) is 19.6. The summed E-state index contributed by atoms with van der Waals surface area (Å²) in [6.07, 6.45) is 10.5. The van der Waals surface area contributed by atoms with Crippen LogP contribution in [-0.4, -0.2) is 4.57 Å². The van der Waals surface area contributed by atoms with Crippen LogP contribution in [0.3, 0.4) is 0 Å².